The van der Waals surface area contributed by atoms with E-state index in [-0.39, 0.29) is 19.3 Å². The number of carbonyl (C=O) groups excluding carboxylic acids is 2. The summed E-state index contributed by atoms with van der Waals surface area (Å²) in [7, 11) is -11.4. The predicted molar refractivity (Wildman–Crippen MR) is 318 cm³/mol. The topological polar surface area (TPSA) is 329 Å². The zero-order valence-electron chi connectivity index (χ0n) is 49.3. The van der Waals surface area contributed by atoms with Crippen LogP contribution in [0.5, 0.6) is 17.2 Å². The molecule has 3 aromatic carbocycles. The van der Waals surface area contributed by atoms with E-state index in [1.807, 2.05) is 36.4 Å². The third-order valence-electron chi connectivity index (χ3n) is 14.5. The average molecular weight is 1250 g/mol. The monoisotopic (exact) mass is 1250 g/mol. The molecule has 7 atom stereocenters. The van der Waals surface area contributed by atoms with Crippen LogP contribution in [0.25, 0.3) is 0 Å². The van der Waals surface area contributed by atoms with Crippen LogP contribution >= 0.6 is 0 Å². The van der Waals surface area contributed by atoms with Gasteiger partial charge in [0.05, 0.1) is 17.1 Å². The third-order valence-corrected chi connectivity index (χ3v) is 20.4. The molecule has 466 valence electrons. The molecule has 0 aliphatic carbocycles. The largest absolute Gasteiger partial charge is 0.481 e. The third kappa shape index (κ3) is 18.9. The van der Waals surface area contributed by atoms with Gasteiger partial charge in [0.15, 0.2) is 50.0 Å². The van der Waals surface area contributed by atoms with Crippen molar-refractivity contribution >= 4 is 64.4 Å². The van der Waals surface area contributed by atoms with Gasteiger partial charge in [-0.15, -0.1) is 17.8 Å². The van der Waals surface area contributed by atoms with E-state index in [0.29, 0.717) is 86.5 Å². The van der Waals surface area contributed by atoms with Gasteiger partial charge in [0.2, 0.25) is 0 Å². The second-order valence-corrected chi connectivity index (χ2v) is 28.2. The molecule has 4 heterocycles. The van der Waals surface area contributed by atoms with Crippen molar-refractivity contribution in [3.8, 4) is 52.8 Å². The molecule has 24 nitrogen and oxygen atoms in total. The molecule has 1 saturated heterocycles. The minimum Gasteiger partial charge on any atom is -0.481 e. The number of sulfone groups is 3. The average Bonchev–Trinajstić information content (AvgIpc) is 1.87. The Morgan fingerprint density at radius 3 is 1.19 bits per heavy atom. The maximum absolute atomic E-state index is 12.9. The van der Waals surface area contributed by atoms with E-state index in [1.54, 1.807) is 57.2 Å². The van der Waals surface area contributed by atoms with Gasteiger partial charge >= 0.3 is 5.97 Å². The summed E-state index contributed by atoms with van der Waals surface area (Å²) in [4.78, 5) is 57.6. The number of nitrogens with one attached hydrogen (secondary N) is 2. The van der Waals surface area contributed by atoms with Gasteiger partial charge in [-0.1, -0.05) is 33.2 Å². The van der Waals surface area contributed by atoms with Crippen molar-refractivity contribution in [3.05, 3.63) is 89.5 Å². The standard InChI is InChI=1S/C23H30N2O7S.C18H22N2O6S.C18H21NO6S/c1-4-5-13-29-18-11-9-17(10-12-18)20-15-19(31-24-20)16-23(2,33(3,27)28)22(26)25-32-21-8-6-7-14-30-21;1-4-5-10-25-14-8-6-13(7-9-14)16-11-15(26-20-16)12-18(2,17(21)19-22)27(3,23)24;1-4-5-10-24-14-8-6-13(7-9-14)16-11-15(25-19-16)12-18(2,17(20)21)26(3,22)23/h9-12,19,21H,6-8,13-16H2,1-3H3,(H,25,26);6-9,15,22H,10-12H2,1-3H3,(H,19,21);6-9,15H,10-12H2,1-3H3,(H,20,21). The summed E-state index contributed by atoms with van der Waals surface area (Å²) >= 11 is 0. The lowest BCUT2D eigenvalue weighted by molar-refractivity contribution is -0.201. The molecule has 27 heteroatoms. The molecule has 0 aromatic heterocycles. The zero-order valence-corrected chi connectivity index (χ0v) is 51.8. The first kappa shape index (κ1) is 69.1. The molecule has 7 rings (SSSR count). The number of rotatable bonds is 23. The lowest BCUT2D eigenvalue weighted by atomic mass is 9.96. The Kier molecular flexibility index (Phi) is 25.0. The molecule has 0 bridgehead atoms. The van der Waals surface area contributed by atoms with Crippen molar-refractivity contribution in [1.82, 2.24) is 11.0 Å². The van der Waals surface area contributed by atoms with Crippen LogP contribution in [0, 0.1) is 35.5 Å². The number of hydrogen-bond acceptors (Lipinski definition) is 21. The molecule has 4 aliphatic heterocycles. The lowest BCUT2D eigenvalue weighted by Crippen LogP contribution is -2.52. The van der Waals surface area contributed by atoms with E-state index in [2.05, 4.69) is 56.5 Å². The van der Waals surface area contributed by atoms with Crippen LogP contribution in [0.2, 0.25) is 0 Å². The Labute approximate surface area is 502 Å². The number of aliphatic carboxylic acids is 1. The van der Waals surface area contributed by atoms with Gasteiger partial charge in [0.25, 0.3) is 11.8 Å². The minimum absolute atomic E-state index is 0.0730. The molecule has 2 amide bonds. The summed E-state index contributed by atoms with van der Waals surface area (Å²) < 4.78 is 89.3. The summed E-state index contributed by atoms with van der Waals surface area (Å²) in [5.74, 6) is 15.6. The highest BCUT2D eigenvalue weighted by atomic mass is 32.2. The lowest BCUT2D eigenvalue weighted by Gasteiger charge is -2.29. The number of ether oxygens (including phenoxy) is 4. The number of hydrogen-bond donors (Lipinski definition) is 4. The Morgan fingerprint density at radius 2 is 0.895 bits per heavy atom. The normalized spacial score (nSPS) is 20.0. The Bertz CT molecular complexity index is 3500. The summed E-state index contributed by atoms with van der Waals surface area (Å²) in [5.41, 5.74) is 8.09. The van der Waals surface area contributed by atoms with Gasteiger partial charge in [-0.3, -0.25) is 19.6 Å². The Balaban J connectivity index is 0.000000238. The first-order valence-electron chi connectivity index (χ1n) is 27.0. The quantitative estimate of drug-likeness (QED) is 0.0518. The Hall–Kier alpha value is -7.71. The van der Waals surface area contributed by atoms with Gasteiger partial charge in [-0.2, -0.15) is 0 Å². The van der Waals surface area contributed by atoms with Crippen molar-refractivity contribution in [2.75, 3.05) is 45.2 Å². The van der Waals surface area contributed by atoms with E-state index in [0.717, 1.165) is 48.3 Å². The minimum atomic E-state index is -3.81. The number of oxime groups is 3. The number of benzene rings is 3. The highest BCUT2D eigenvalue weighted by Gasteiger charge is 2.50. The van der Waals surface area contributed by atoms with E-state index < -0.39 is 86.1 Å². The fourth-order valence-electron chi connectivity index (χ4n) is 8.61. The van der Waals surface area contributed by atoms with Crippen LogP contribution in [0.4, 0.5) is 0 Å². The number of nitrogens with zero attached hydrogens (tertiary/aromatic N) is 3. The molecular formula is C59H73N5O19S3. The van der Waals surface area contributed by atoms with Crippen LogP contribution in [0.3, 0.4) is 0 Å². The second kappa shape index (κ2) is 31.1. The second-order valence-electron chi connectivity index (χ2n) is 20.8. The van der Waals surface area contributed by atoms with E-state index in [9.17, 15) is 44.7 Å². The van der Waals surface area contributed by atoms with Crippen molar-refractivity contribution < 1.29 is 88.2 Å². The maximum atomic E-state index is 12.9. The highest BCUT2D eigenvalue weighted by molar-refractivity contribution is 7.93. The summed E-state index contributed by atoms with van der Waals surface area (Å²) in [6.07, 6.45) is 3.65. The first-order valence-corrected chi connectivity index (χ1v) is 32.7. The number of hydroxylamine groups is 2. The van der Waals surface area contributed by atoms with E-state index >= 15 is 0 Å². The maximum Gasteiger partial charge on any atom is 0.324 e. The van der Waals surface area contributed by atoms with Gasteiger partial charge in [-0.25, -0.2) is 41.1 Å². The molecule has 0 radical (unpaired) electrons. The fraction of sp³-hybridized carbons (Fsp3) is 0.492. The fourth-order valence-corrected chi connectivity index (χ4v) is 11.1. The van der Waals surface area contributed by atoms with Crippen molar-refractivity contribution in [3.63, 3.8) is 0 Å². The number of amides is 2. The summed E-state index contributed by atoms with van der Waals surface area (Å²) in [6, 6.07) is 21.7. The zero-order chi connectivity index (χ0) is 63.4. The predicted octanol–water partition coefficient (Wildman–Crippen LogP) is 5.49. The number of carbonyl (C=O) groups is 3. The van der Waals surface area contributed by atoms with Crippen LogP contribution in [-0.2, 0) is 68.0 Å². The van der Waals surface area contributed by atoms with E-state index in [1.165, 1.54) is 26.3 Å². The van der Waals surface area contributed by atoms with Gasteiger partial charge in [0.1, 0.15) is 55.4 Å². The van der Waals surface area contributed by atoms with Crippen LogP contribution in [0.1, 0.15) is 116 Å². The smallest absolute Gasteiger partial charge is 0.324 e. The molecule has 4 aliphatic rings. The van der Waals surface area contributed by atoms with Crippen molar-refractivity contribution in [1.29, 1.82) is 0 Å². The molecule has 0 saturated carbocycles. The summed E-state index contributed by atoms with van der Waals surface area (Å²) in [6.45, 7) is 10.5. The molecular weight excluding hydrogens is 1180 g/mol. The van der Waals surface area contributed by atoms with Gasteiger partial charge < -0.3 is 38.6 Å². The molecule has 7 unspecified atom stereocenters. The van der Waals surface area contributed by atoms with Crippen LogP contribution in [0.15, 0.2) is 88.3 Å². The molecule has 4 N–H and O–H groups in total. The molecule has 86 heavy (non-hydrogen) atoms. The van der Waals surface area contributed by atoms with Crippen LogP contribution in [-0.4, -0.2) is 155 Å². The van der Waals surface area contributed by atoms with Gasteiger partial charge in [0, 0.05) is 70.3 Å². The summed E-state index contributed by atoms with van der Waals surface area (Å²) in [5, 5.41) is 30.3. The highest BCUT2D eigenvalue weighted by Crippen LogP contribution is 2.33. The molecule has 3 aromatic rings. The first-order chi connectivity index (χ1) is 40.6. The Morgan fingerprint density at radius 1 is 0.558 bits per heavy atom. The van der Waals surface area contributed by atoms with Crippen molar-refractivity contribution in [2.24, 2.45) is 15.5 Å². The molecule has 1 fully saturated rings. The van der Waals surface area contributed by atoms with Gasteiger partial charge in [-0.05, 0) is 144 Å². The van der Waals surface area contributed by atoms with Crippen LogP contribution < -0.4 is 25.2 Å². The van der Waals surface area contributed by atoms with Crippen molar-refractivity contribution in [2.45, 2.75) is 138 Å². The SMILES string of the molecule is CC#CCOc1ccc(C2=NOC(CC(C)(C(=O)NO)S(C)(=O)=O)C2)cc1.CC#CCOc1ccc(C2=NOC(CC(C)(C(=O)NOC3CCCCO3)S(C)(=O)=O)C2)cc1.CC#CCOc1ccc(C2=NOC(CC(C)(C(=O)O)S(C)(=O)=O)C2)cc1. The van der Waals surface area contributed by atoms with E-state index in [4.69, 9.17) is 43.5 Å². The number of carboxylic acids is 1. The number of carboxylic acid groups (broad SMARTS) is 1. The molecule has 0 spiro atoms.